The molecule has 3 N–H and O–H groups in total. The van der Waals surface area contributed by atoms with E-state index in [1.165, 1.54) is 14.0 Å². The first kappa shape index (κ1) is 29.6. The van der Waals surface area contributed by atoms with Crippen molar-refractivity contribution in [2.45, 2.75) is 73.9 Å². The van der Waals surface area contributed by atoms with Crippen LogP contribution in [0, 0.1) is 34.5 Å². The standard InChI is InChI=1S/C32H43NO10/c1-16(34)43-31-13-21(40-4)30(37)12-18(22(31)27(30)42-28(36)17-9-7-6-8-10-17)32-20(39-3)11-19(35)29(15-38-2)14-33-26(32)23(31)24(41-5)25(29)32/h6-10,18-27,33,35,37H,11-15H2,1-5H3/t18-,19-,20+,21+,22-,23+,24+,25-,26?,27-,29+,30+,31-,32+/m1/s1. The van der Waals surface area contributed by atoms with E-state index >= 15 is 0 Å². The van der Waals surface area contributed by atoms with E-state index < -0.39 is 76.3 Å². The van der Waals surface area contributed by atoms with Crippen LogP contribution < -0.4 is 5.32 Å². The first-order chi connectivity index (χ1) is 20.6. The Morgan fingerprint density at radius 1 is 1.00 bits per heavy atom. The van der Waals surface area contributed by atoms with E-state index in [-0.39, 0.29) is 30.7 Å². The molecule has 1 heterocycles. The minimum Gasteiger partial charge on any atom is -0.458 e. The molecule has 1 aliphatic heterocycles. The SMILES string of the molecule is COC[C@]12CNC3[C@@H]4[C@H](OC)[C@H]1[C@@]3([C@@H](OC)C[C@H]2O)[C@@H]1C[C@]2(O)[C@@H](OC)C[C@@]4(OC(C)=O)[C@H]1[C@H]2OC(=O)c1ccccc1. The van der Waals surface area contributed by atoms with Crippen LogP contribution in [-0.2, 0) is 33.2 Å². The second-order valence-electron chi connectivity index (χ2n) is 13.7. The Kier molecular flexibility index (Phi) is 6.84. The Balaban J connectivity index is 1.47. The number of methoxy groups -OCH3 is 4. The highest BCUT2D eigenvalue weighted by Gasteiger charge is 2.89. The van der Waals surface area contributed by atoms with Gasteiger partial charge in [-0.2, -0.15) is 0 Å². The van der Waals surface area contributed by atoms with E-state index in [0.29, 0.717) is 25.1 Å². The summed E-state index contributed by atoms with van der Waals surface area (Å²) in [4.78, 5) is 26.7. The van der Waals surface area contributed by atoms with Gasteiger partial charge in [-0.05, 0) is 24.5 Å². The first-order valence-corrected chi connectivity index (χ1v) is 15.3. The third-order valence-electron chi connectivity index (χ3n) is 12.5. The third-order valence-corrected chi connectivity index (χ3v) is 12.5. The van der Waals surface area contributed by atoms with Gasteiger partial charge in [0.05, 0.1) is 36.6 Å². The van der Waals surface area contributed by atoms with E-state index in [9.17, 15) is 19.8 Å². The lowest BCUT2D eigenvalue weighted by atomic mass is 9.43. The fraction of sp³-hybridized carbons (Fsp3) is 0.750. The molecule has 1 aromatic carbocycles. The zero-order valence-electron chi connectivity index (χ0n) is 25.4. The van der Waals surface area contributed by atoms with Crippen LogP contribution in [0.2, 0.25) is 0 Å². The van der Waals surface area contributed by atoms with Gasteiger partial charge in [-0.1, -0.05) is 18.2 Å². The number of ether oxygens (including phenoxy) is 6. The normalized spacial score (nSPS) is 50.3. The van der Waals surface area contributed by atoms with Crippen molar-refractivity contribution in [3.63, 3.8) is 0 Å². The predicted octanol–water partition coefficient (Wildman–Crippen LogP) is 0.945. The summed E-state index contributed by atoms with van der Waals surface area (Å²) >= 11 is 0. The summed E-state index contributed by atoms with van der Waals surface area (Å²) in [6.07, 6.45) is -2.60. The molecule has 5 saturated carbocycles. The van der Waals surface area contributed by atoms with Crippen molar-refractivity contribution in [3.05, 3.63) is 35.9 Å². The van der Waals surface area contributed by atoms with Gasteiger partial charge in [0.2, 0.25) is 0 Å². The van der Waals surface area contributed by atoms with Gasteiger partial charge < -0.3 is 44.0 Å². The molecular formula is C32H43NO10. The minimum absolute atomic E-state index is 0.211. The number of esters is 2. The molecule has 7 bridgehead atoms. The zero-order valence-corrected chi connectivity index (χ0v) is 25.4. The average Bonchev–Trinajstić information content (AvgIpc) is 3.34. The van der Waals surface area contributed by atoms with E-state index in [1.807, 2.05) is 6.07 Å². The fourth-order valence-electron chi connectivity index (χ4n) is 11.6. The van der Waals surface area contributed by atoms with Crippen molar-refractivity contribution in [2.24, 2.45) is 34.5 Å². The summed E-state index contributed by atoms with van der Waals surface area (Å²) in [6.45, 7) is 2.17. The number of rotatable bonds is 8. The maximum Gasteiger partial charge on any atom is 0.338 e. The van der Waals surface area contributed by atoms with Crippen LogP contribution in [0.3, 0.4) is 0 Å². The molecule has 43 heavy (non-hydrogen) atoms. The van der Waals surface area contributed by atoms with Gasteiger partial charge in [0.15, 0.2) is 0 Å². The maximum absolute atomic E-state index is 13.6. The molecule has 1 aromatic rings. The number of aliphatic hydroxyl groups is 2. The van der Waals surface area contributed by atoms with Crippen molar-refractivity contribution < 1.29 is 48.2 Å². The highest BCUT2D eigenvalue weighted by molar-refractivity contribution is 5.89. The largest absolute Gasteiger partial charge is 0.458 e. The molecule has 11 nitrogen and oxygen atoms in total. The van der Waals surface area contributed by atoms with Crippen molar-refractivity contribution in [1.82, 2.24) is 5.32 Å². The van der Waals surface area contributed by atoms with Gasteiger partial charge in [-0.3, -0.25) is 4.79 Å². The van der Waals surface area contributed by atoms with Crippen LogP contribution in [0.1, 0.15) is 36.5 Å². The lowest BCUT2D eigenvalue weighted by Crippen LogP contribution is -2.78. The number of fused-ring (bicyclic) bond motifs is 2. The van der Waals surface area contributed by atoms with Crippen LogP contribution in [0.25, 0.3) is 0 Å². The molecule has 1 saturated heterocycles. The van der Waals surface area contributed by atoms with Gasteiger partial charge in [0, 0.05) is 89.4 Å². The lowest BCUT2D eigenvalue weighted by Gasteiger charge is -2.67. The number of carbonyl (C=O) groups is 2. The Morgan fingerprint density at radius 2 is 1.72 bits per heavy atom. The molecule has 0 radical (unpaired) electrons. The third kappa shape index (κ3) is 3.45. The minimum atomic E-state index is -1.55. The summed E-state index contributed by atoms with van der Waals surface area (Å²) in [7, 11) is 6.49. The molecule has 11 heteroatoms. The van der Waals surface area contributed by atoms with Crippen molar-refractivity contribution >= 4 is 11.9 Å². The highest BCUT2D eigenvalue weighted by atomic mass is 16.6. The Labute approximate surface area is 251 Å². The first-order valence-electron chi connectivity index (χ1n) is 15.3. The van der Waals surface area contributed by atoms with Gasteiger partial charge in [-0.15, -0.1) is 0 Å². The second kappa shape index (κ2) is 9.94. The maximum atomic E-state index is 13.6. The molecule has 5 aliphatic carbocycles. The van der Waals surface area contributed by atoms with E-state index in [0.717, 1.165) is 0 Å². The van der Waals surface area contributed by atoms with Gasteiger partial charge in [0.25, 0.3) is 0 Å². The monoisotopic (exact) mass is 601 g/mol. The zero-order chi connectivity index (χ0) is 30.5. The Morgan fingerprint density at radius 3 is 2.35 bits per heavy atom. The molecule has 6 aliphatic rings. The van der Waals surface area contributed by atoms with Crippen LogP contribution >= 0.6 is 0 Å². The number of carbonyl (C=O) groups excluding carboxylic acids is 2. The van der Waals surface area contributed by atoms with Crippen molar-refractivity contribution in [2.75, 3.05) is 41.6 Å². The number of nitrogens with one attached hydrogen (secondary N) is 1. The number of hydrogen-bond acceptors (Lipinski definition) is 11. The number of piperidine rings is 1. The van der Waals surface area contributed by atoms with Crippen LogP contribution in [0.5, 0.6) is 0 Å². The Bertz CT molecular complexity index is 1280. The molecule has 14 atom stereocenters. The topological polar surface area (TPSA) is 142 Å². The van der Waals surface area contributed by atoms with Crippen LogP contribution in [0.4, 0.5) is 0 Å². The molecule has 0 aromatic heterocycles. The van der Waals surface area contributed by atoms with Crippen molar-refractivity contribution in [1.29, 1.82) is 0 Å². The summed E-state index contributed by atoms with van der Waals surface area (Å²) < 4.78 is 37.3. The van der Waals surface area contributed by atoms with E-state index in [1.54, 1.807) is 45.6 Å². The fourth-order valence-corrected chi connectivity index (χ4v) is 11.6. The predicted molar refractivity (Wildman–Crippen MR) is 150 cm³/mol. The summed E-state index contributed by atoms with van der Waals surface area (Å²) in [5, 5.41) is 28.2. The van der Waals surface area contributed by atoms with E-state index in [2.05, 4.69) is 5.32 Å². The van der Waals surface area contributed by atoms with E-state index in [4.69, 9.17) is 28.4 Å². The summed E-state index contributed by atoms with van der Waals surface area (Å²) in [5.41, 5.74) is -3.76. The Hall–Kier alpha value is -2.12. The summed E-state index contributed by atoms with van der Waals surface area (Å²) in [5.74, 6) is -2.61. The second-order valence-corrected chi connectivity index (χ2v) is 13.7. The molecule has 0 amide bonds. The molecule has 1 spiro atoms. The smallest absolute Gasteiger partial charge is 0.338 e. The number of aliphatic hydroxyl groups excluding tert-OH is 1. The molecule has 236 valence electrons. The quantitative estimate of drug-likeness (QED) is 0.367. The molecule has 1 unspecified atom stereocenters. The highest BCUT2D eigenvalue weighted by Crippen LogP contribution is 2.79. The van der Waals surface area contributed by atoms with Gasteiger partial charge in [-0.25, -0.2) is 4.79 Å². The average molecular weight is 602 g/mol. The van der Waals surface area contributed by atoms with Crippen molar-refractivity contribution in [3.8, 4) is 0 Å². The number of hydrogen-bond donors (Lipinski definition) is 3. The molecule has 7 rings (SSSR count). The lowest BCUT2D eigenvalue weighted by molar-refractivity contribution is -0.279. The summed E-state index contributed by atoms with van der Waals surface area (Å²) in [6, 6.07) is 8.46. The van der Waals surface area contributed by atoms with Crippen LogP contribution in [-0.4, -0.2) is 112 Å². The molecular weight excluding hydrogens is 558 g/mol. The van der Waals surface area contributed by atoms with Gasteiger partial charge >= 0.3 is 11.9 Å². The van der Waals surface area contributed by atoms with Gasteiger partial charge in [0.1, 0.15) is 17.3 Å². The molecule has 6 fully saturated rings. The number of benzene rings is 1. The van der Waals surface area contributed by atoms with Crippen LogP contribution in [0.15, 0.2) is 30.3 Å².